The molecule has 1 aromatic rings. The van der Waals surface area contributed by atoms with Gasteiger partial charge in [-0.05, 0) is 56.7 Å². The second-order valence-corrected chi connectivity index (χ2v) is 9.52. The fourth-order valence-electron chi connectivity index (χ4n) is 3.74. The lowest BCUT2D eigenvalue weighted by atomic mass is 10.0. The average molecular weight is 380 g/mol. The van der Waals surface area contributed by atoms with E-state index in [9.17, 15) is 13.2 Å². The number of carbonyl (C=O) groups is 1. The molecule has 0 unspecified atom stereocenters. The Morgan fingerprint density at radius 3 is 2.08 bits per heavy atom. The van der Waals surface area contributed by atoms with Crippen molar-refractivity contribution in [1.82, 2.24) is 9.21 Å². The van der Waals surface area contributed by atoms with Gasteiger partial charge in [0.2, 0.25) is 10.0 Å². The van der Waals surface area contributed by atoms with Crippen molar-refractivity contribution in [3.8, 4) is 0 Å². The zero-order chi connectivity index (χ0) is 18.7. The van der Waals surface area contributed by atoms with Crippen LogP contribution in [0.1, 0.15) is 48.9 Å². The number of piperidine rings is 2. The van der Waals surface area contributed by atoms with Gasteiger partial charge in [0.15, 0.2) is 0 Å². The number of amides is 1. The summed E-state index contributed by atoms with van der Waals surface area (Å²) in [5, 5.41) is 0. The number of hydrogen-bond donors (Lipinski definition) is 0. The van der Waals surface area contributed by atoms with Crippen molar-refractivity contribution in [1.29, 1.82) is 0 Å². The van der Waals surface area contributed by atoms with Crippen molar-refractivity contribution in [2.75, 3.05) is 45.2 Å². The van der Waals surface area contributed by atoms with Gasteiger partial charge >= 0.3 is 0 Å². The summed E-state index contributed by atoms with van der Waals surface area (Å²) >= 11 is 0. The number of nitrogens with zero attached hydrogens (tertiary/aromatic N) is 3. The third kappa shape index (κ3) is 3.88. The molecule has 1 amide bonds. The average Bonchev–Trinajstić information content (AvgIpc) is 2.68. The van der Waals surface area contributed by atoms with Gasteiger partial charge in [-0.3, -0.25) is 4.79 Å². The maximum absolute atomic E-state index is 13.2. The van der Waals surface area contributed by atoms with E-state index in [4.69, 9.17) is 0 Å². The van der Waals surface area contributed by atoms with Gasteiger partial charge in [-0.2, -0.15) is 0 Å². The van der Waals surface area contributed by atoms with Crippen LogP contribution in [0.2, 0.25) is 0 Å². The van der Waals surface area contributed by atoms with Crippen LogP contribution in [0.3, 0.4) is 0 Å². The van der Waals surface area contributed by atoms with Crippen LogP contribution in [-0.4, -0.2) is 63.8 Å². The molecule has 144 valence electrons. The molecule has 0 aliphatic carbocycles. The zero-order valence-corrected chi connectivity index (χ0v) is 16.6. The van der Waals surface area contributed by atoms with Crippen molar-refractivity contribution < 1.29 is 13.2 Å². The highest BCUT2D eigenvalue weighted by Gasteiger charge is 2.27. The lowest BCUT2D eigenvalue weighted by molar-refractivity contribution is 0.0724. The summed E-state index contributed by atoms with van der Waals surface area (Å²) in [7, 11) is -0.539. The van der Waals surface area contributed by atoms with E-state index in [1.165, 1.54) is 24.8 Å². The number of rotatable bonds is 4. The molecule has 2 saturated heterocycles. The first-order valence-electron chi connectivity index (χ1n) is 9.52. The van der Waals surface area contributed by atoms with Crippen molar-refractivity contribution in [2.24, 2.45) is 0 Å². The van der Waals surface area contributed by atoms with E-state index in [1.807, 2.05) is 11.0 Å². The number of sulfonamides is 1. The molecule has 0 saturated carbocycles. The molecule has 0 atom stereocenters. The molecule has 0 bridgehead atoms. The third-order valence-electron chi connectivity index (χ3n) is 5.32. The number of likely N-dealkylation sites (tertiary alicyclic amines) is 1. The molecule has 2 heterocycles. The van der Waals surface area contributed by atoms with Gasteiger partial charge in [0.1, 0.15) is 0 Å². The highest BCUT2D eigenvalue weighted by Crippen LogP contribution is 2.29. The van der Waals surface area contributed by atoms with E-state index < -0.39 is 10.0 Å². The molecule has 1 aromatic carbocycles. The highest BCUT2D eigenvalue weighted by atomic mass is 32.2. The van der Waals surface area contributed by atoms with Gasteiger partial charge in [-0.15, -0.1) is 0 Å². The third-order valence-corrected chi connectivity index (χ3v) is 7.13. The van der Waals surface area contributed by atoms with Crippen LogP contribution in [0.5, 0.6) is 0 Å². The molecular weight excluding hydrogens is 350 g/mol. The second kappa shape index (κ2) is 7.96. The summed E-state index contributed by atoms with van der Waals surface area (Å²) in [5.41, 5.74) is 1.40. The SMILES string of the molecule is CN(C)S(=O)(=O)c1ccc(N2CCCCC2)c(C(=O)N2CCCCC2)c1. The van der Waals surface area contributed by atoms with E-state index >= 15 is 0 Å². The summed E-state index contributed by atoms with van der Waals surface area (Å²) in [4.78, 5) is 17.5. The Kier molecular flexibility index (Phi) is 5.87. The highest BCUT2D eigenvalue weighted by molar-refractivity contribution is 7.89. The fourth-order valence-corrected chi connectivity index (χ4v) is 4.66. The largest absolute Gasteiger partial charge is 0.371 e. The van der Waals surface area contributed by atoms with E-state index in [0.29, 0.717) is 5.56 Å². The van der Waals surface area contributed by atoms with Crippen LogP contribution in [0, 0.1) is 0 Å². The minimum atomic E-state index is -3.57. The quantitative estimate of drug-likeness (QED) is 0.807. The minimum absolute atomic E-state index is 0.0407. The van der Waals surface area contributed by atoms with Crippen molar-refractivity contribution in [2.45, 2.75) is 43.4 Å². The lowest BCUT2D eigenvalue weighted by Gasteiger charge is -2.33. The van der Waals surface area contributed by atoms with Crippen molar-refractivity contribution in [3.63, 3.8) is 0 Å². The number of hydrogen-bond acceptors (Lipinski definition) is 4. The van der Waals surface area contributed by atoms with Crippen LogP contribution in [0.25, 0.3) is 0 Å². The van der Waals surface area contributed by atoms with Crippen LogP contribution in [0.15, 0.2) is 23.1 Å². The minimum Gasteiger partial charge on any atom is -0.371 e. The Morgan fingerprint density at radius 1 is 0.923 bits per heavy atom. The monoisotopic (exact) mass is 379 g/mol. The van der Waals surface area contributed by atoms with E-state index in [0.717, 1.165) is 64.0 Å². The molecule has 3 rings (SSSR count). The molecule has 0 N–H and O–H groups in total. The molecule has 2 fully saturated rings. The Labute approximate surface area is 156 Å². The molecule has 26 heavy (non-hydrogen) atoms. The van der Waals surface area contributed by atoms with E-state index in [-0.39, 0.29) is 10.8 Å². The van der Waals surface area contributed by atoms with E-state index in [1.54, 1.807) is 12.1 Å². The molecule has 0 spiro atoms. The van der Waals surface area contributed by atoms with Crippen LogP contribution < -0.4 is 4.90 Å². The smallest absolute Gasteiger partial charge is 0.256 e. The molecule has 2 aliphatic heterocycles. The maximum atomic E-state index is 13.2. The van der Waals surface area contributed by atoms with Gasteiger partial charge in [0.05, 0.1) is 10.5 Å². The summed E-state index contributed by atoms with van der Waals surface area (Å²) in [6.45, 7) is 3.34. The summed E-state index contributed by atoms with van der Waals surface area (Å²) in [6, 6.07) is 5.03. The summed E-state index contributed by atoms with van der Waals surface area (Å²) in [6.07, 6.45) is 6.60. The van der Waals surface area contributed by atoms with Crippen molar-refractivity contribution in [3.05, 3.63) is 23.8 Å². The van der Waals surface area contributed by atoms with Gasteiger partial charge < -0.3 is 9.80 Å². The molecule has 0 aromatic heterocycles. The summed E-state index contributed by atoms with van der Waals surface area (Å²) < 4.78 is 26.3. The summed E-state index contributed by atoms with van der Waals surface area (Å²) in [5.74, 6) is -0.0407. The van der Waals surface area contributed by atoms with Crippen LogP contribution >= 0.6 is 0 Å². The Hall–Kier alpha value is -1.60. The number of anilines is 1. The Morgan fingerprint density at radius 2 is 1.50 bits per heavy atom. The van der Waals surface area contributed by atoms with E-state index in [2.05, 4.69) is 4.90 Å². The van der Waals surface area contributed by atoms with Crippen LogP contribution in [-0.2, 0) is 10.0 Å². The van der Waals surface area contributed by atoms with Crippen molar-refractivity contribution >= 4 is 21.6 Å². The topological polar surface area (TPSA) is 60.9 Å². The van der Waals surface area contributed by atoms with Gasteiger partial charge in [-0.1, -0.05) is 0 Å². The fraction of sp³-hybridized carbons (Fsp3) is 0.632. The van der Waals surface area contributed by atoms with Gasteiger partial charge in [0.25, 0.3) is 5.91 Å². The number of benzene rings is 1. The Balaban J connectivity index is 2.02. The molecule has 2 aliphatic rings. The van der Waals surface area contributed by atoms with Gasteiger partial charge in [-0.25, -0.2) is 12.7 Å². The zero-order valence-electron chi connectivity index (χ0n) is 15.8. The maximum Gasteiger partial charge on any atom is 0.256 e. The number of carbonyl (C=O) groups excluding carboxylic acids is 1. The standard InChI is InChI=1S/C19H29N3O3S/c1-20(2)26(24,25)16-9-10-18(21-11-5-3-6-12-21)17(15-16)19(23)22-13-7-4-8-14-22/h9-10,15H,3-8,11-14H2,1-2H3. The lowest BCUT2D eigenvalue weighted by Crippen LogP contribution is -2.38. The molecule has 7 heteroatoms. The first kappa shape index (κ1) is 19.2. The second-order valence-electron chi connectivity index (χ2n) is 7.37. The molecular formula is C19H29N3O3S. The molecule has 6 nitrogen and oxygen atoms in total. The molecule has 0 radical (unpaired) electrons. The predicted molar refractivity (Wildman–Crippen MR) is 103 cm³/mol. The predicted octanol–water partition coefficient (Wildman–Crippen LogP) is 2.55. The normalized spacial score (nSPS) is 19.0. The Bertz CT molecular complexity index is 749. The first-order valence-corrected chi connectivity index (χ1v) is 11.0. The first-order chi connectivity index (χ1) is 12.4. The van der Waals surface area contributed by atoms with Gasteiger partial charge in [0, 0.05) is 46.0 Å². The van der Waals surface area contributed by atoms with Crippen LogP contribution in [0.4, 0.5) is 5.69 Å².